The Morgan fingerprint density at radius 1 is 1.42 bits per heavy atom. The van der Waals surface area contributed by atoms with E-state index in [1.807, 2.05) is 17.8 Å². The standard InChI is InChI=1S/C17H23FN4O2/c1-22-9-7-20-16(22)15-13(4-3-10-23-15)12-19-8-11-24-17-14(18)5-2-6-21-17/h2,5-7,9,13,15,19H,3-4,8,10-12H2,1H3/t13-,15+/m0/s1. The zero-order valence-corrected chi connectivity index (χ0v) is 13.8. The number of ether oxygens (including phenoxy) is 2. The molecule has 2 aromatic heterocycles. The van der Waals surface area contributed by atoms with Gasteiger partial charge in [0.25, 0.3) is 0 Å². The molecule has 0 radical (unpaired) electrons. The van der Waals surface area contributed by atoms with Crippen molar-refractivity contribution in [2.45, 2.75) is 18.9 Å². The van der Waals surface area contributed by atoms with Gasteiger partial charge in [0.05, 0.1) is 0 Å². The van der Waals surface area contributed by atoms with E-state index in [2.05, 4.69) is 15.3 Å². The van der Waals surface area contributed by atoms with E-state index < -0.39 is 5.82 Å². The first-order chi connectivity index (χ1) is 11.8. The quantitative estimate of drug-likeness (QED) is 0.786. The first kappa shape index (κ1) is 16.9. The lowest BCUT2D eigenvalue weighted by Crippen LogP contribution is -2.34. The lowest BCUT2D eigenvalue weighted by molar-refractivity contribution is -0.0344. The second kappa shape index (κ2) is 8.21. The van der Waals surface area contributed by atoms with Gasteiger partial charge in [0.2, 0.25) is 5.88 Å². The molecule has 0 saturated carbocycles. The van der Waals surface area contributed by atoms with Crippen molar-refractivity contribution >= 4 is 0 Å². The second-order valence-corrected chi connectivity index (χ2v) is 5.93. The fourth-order valence-electron chi connectivity index (χ4n) is 2.97. The smallest absolute Gasteiger partial charge is 0.250 e. The molecule has 7 heteroatoms. The number of nitrogens with zero attached hydrogens (tertiary/aromatic N) is 3. The molecule has 1 aliphatic rings. The van der Waals surface area contributed by atoms with Crippen molar-refractivity contribution in [1.82, 2.24) is 19.9 Å². The number of aryl methyl sites for hydroxylation is 1. The molecule has 1 N–H and O–H groups in total. The fourth-order valence-corrected chi connectivity index (χ4v) is 2.97. The highest BCUT2D eigenvalue weighted by molar-refractivity contribution is 5.12. The average Bonchev–Trinajstić information content (AvgIpc) is 3.02. The molecular weight excluding hydrogens is 311 g/mol. The first-order valence-corrected chi connectivity index (χ1v) is 8.28. The van der Waals surface area contributed by atoms with Crippen LogP contribution in [0.2, 0.25) is 0 Å². The molecule has 6 nitrogen and oxygen atoms in total. The first-order valence-electron chi connectivity index (χ1n) is 8.28. The van der Waals surface area contributed by atoms with Gasteiger partial charge >= 0.3 is 0 Å². The maximum Gasteiger partial charge on any atom is 0.250 e. The van der Waals surface area contributed by atoms with Crippen LogP contribution < -0.4 is 10.1 Å². The normalized spacial score (nSPS) is 20.9. The van der Waals surface area contributed by atoms with Crippen molar-refractivity contribution in [2.24, 2.45) is 13.0 Å². The van der Waals surface area contributed by atoms with E-state index in [9.17, 15) is 4.39 Å². The number of rotatable bonds is 7. The molecule has 2 aromatic rings. The van der Waals surface area contributed by atoms with E-state index in [0.717, 1.165) is 31.8 Å². The number of hydrogen-bond donors (Lipinski definition) is 1. The monoisotopic (exact) mass is 334 g/mol. The van der Waals surface area contributed by atoms with Crippen LogP contribution in [0, 0.1) is 11.7 Å². The predicted octanol–water partition coefficient (Wildman–Crippen LogP) is 2.09. The number of hydrogen-bond acceptors (Lipinski definition) is 5. The molecule has 1 saturated heterocycles. The van der Waals surface area contributed by atoms with Crippen LogP contribution in [0.5, 0.6) is 5.88 Å². The SMILES string of the molecule is Cn1ccnc1[C@@H]1OCCC[C@H]1CNCCOc1ncccc1F. The highest BCUT2D eigenvalue weighted by atomic mass is 19.1. The minimum atomic E-state index is -0.437. The van der Waals surface area contributed by atoms with Crippen LogP contribution in [0.1, 0.15) is 24.8 Å². The van der Waals surface area contributed by atoms with Crippen molar-refractivity contribution in [3.63, 3.8) is 0 Å². The Balaban J connectivity index is 1.45. The van der Waals surface area contributed by atoms with Crippen molar-refractivity contribution in [2.75, 3.05) is 26.3 Å². The summed E-state index contributed by atoms with van der Waals surface area (Å²) >= 11 is 0. The van der Waals surface area contributed by atoms with Crippen molar-refractivity contribution in [1.29, 1.82) is 0 Å². The summed E-state index contributed by atoms with van der Waals surface area (Å²) in [5.41, 5.74) is 0. The summed E-state index contributed by atoms with van der Waals surface area (Å²) < 4.78 is 26.7. The van der Waals surface area contributed by atoms with Crippen LogP contribution in [0.4, 0.5) is 4.39 Å². The zero-order valence-electron chi connectivity index (χ0n) is 13.8. The van der Waals surface area contributed by atoms with Gasteiger partial charge in [-0.3, -0.25) is 0 Å². The molecule has 24 heavy (non-hydrogen) atoms. The highest BCUT2D eigenvalue weighted by Gasteiger charge is 2.29. The van der Waals surface area contributed by atoms with Gasteiger partial charge in [-0.2, -0.15) is 0 Å². The van der Waals surface area contributed by atoms with Gasteiger partial charge in [-0.25, -0.2) is 14.4 Å². The number of aromatic nitrogens is 3. The number of imidazole rings is 1. The van der Waals surface area contributed by atoms with Gasteiger partial charge in [0.15, 0.2) is 5.82 Å². The average molecular weight is 334 g/mol. The minimum absolute atomic E-state index is 0.0143. The summed E-state index contributed by atoms with van der Waals surface area (Å²) in [6.45, 7) is 2.58. The number of pyridine rings is 1. The van der Waals surface area contributed by atoms with Crippen LogP contribution in [0.25, 0.3) is 0 Å². The molecule has 0 bridgehead atoms. The van der Waals surface area contributed by atoms with E-state index in [1.165, 1.54) is 12.3 Å². The Hall–Kier alpha value is -1.99. The molecule has 0 unspecified atom stereocenters. The van der Waals surface area contributed by atoms with Gasteiger partial charge in [-0.05, 0) is 25.0 Å². The molecule has 1 aliphatic heterocycles. The molecule has 1 fully saturated rings. The summed E-state index contributed by atoms with van der Waals surface area (Å²) in [4.78, 5) is 8.28. The predicted molar refractivity (Wildman–Crippen MR) is 87.2 cm³/mol. The van der Waals surface area contributed by atoms with E-state index in [-0.39, 0.29) is 12.0 Å². The van der Waals surface area contributed by atoms with E-state index >= 15 is 0 Å². The molecular formula is C17H23FN4O2. The Labute approximate surface area is 141 Å². The van der Waals surface area contributed by atoms with Crippen LogP contribution in [0.3, 0.4) is 0 Å². The molecule has 3 heterocycles. The van der Waals surface area contributed by atoms with Gasteiger partial charge in [0, 0.05) is 51.3 Å². The van der Waals surface area contributed by atoms with Crippen LogP contribution in [0.15, 0.2) is 30.7 Å². The van der Waals surface area contributed by atoms with Crippen molar-refractivity contribution in [3.8, 4) is 5.88 Å². The third-order valence-electron chi connectivity index (χ3n) is 4.21. The van der Waals surface area contributed by atoms with Crippen LogP contribution in [-0.2, 0) is 11.8 Å². The summed E-state index contributed by atoms with van der Waals surface area (Å²) in [6.07, 6.45) is 7.42. The largest absolute Gasteiger partial charge is 0.474 e. The van der Waals surface area contributed by atoms with Crippen LogP contribution in [-0.4, -0.2) is 40.8 Å². The Kier molecular flexibility index (Phi) is 5.77. The third-order valence-corrected chi connectivity index (χ3v) is 4.21. The molecule has 0 spiro atoms. The van der Waals surface area contributed by atoms with Gasteiger partial charge in [-0.15, -0.1) is 0 Å². The van der Waals surface area contributed by atoms with Gasteiger partial charge in [0.1, 0.15) is 18.5 Å². The highest BCUT2D eigenvalue weighted by Crippen LogP contribution is 2.32. The summed E-state index contributed by atoms with van der Waals surface area (Å²) in [6, 6.07) is 2.88. The topological polar surface area (TPSA) is 61.2 Å². The van der Waals surface area contributed by atoms with Gasteiger partial charge < -0.3 is 19.4 Å². The molecule has 2 atom stereocenters. The second-order valence-electron chi connectivity index (χ2n) is 5.93. The van der Waals surface area contributed by atoms with Crippen LogP contribution >= 0.6 is 0 Å². The fraction of sp³-hybridized carbons (Fsp3) is 0.529. The lowest BCUT2D eigenvalue weighted by atomic mass is 9.93. The van der Waals surface area contributed by atoms with E-state index in [4.69, 9.17) is 9.47 Å². The Morgan fingerprint density at radius 3 is 3.12 bits per heavy atom. The summed E-state index contributed by atoms with van der Waals surface area (Å²) in [5.74, 6) is 0.943. The molecule has 0 aromatic carbocycles. The Bertz CT molecular complexity index is 649. The molecule has 0 aliphatic carbocycles. The van der Waals surface area contributed by atoms with Crippen molar-refractivity contribution in [3.05, 3.63) is 42.4 Å². The minimum Gasteiger partial charge on any atom is -0.474 e. The van der Waals surface area contributed by atoms with Crippen molar-refractivity contribution < 1.29 is 13.9 Å². The maximum atomic E-state index is 13.4. The summed E-state index contributed by atoms with van der Waals surface area (Å²) in [7, 11) is 1.99. The number of nitrogens with one attached hydrogen (secondary N) is 1. The molecule has 130 valence electrons. The molecule has 0 amide bonds. The zero-order chi connectivity index (χ0) is 16.8. The molecule has 3 rings (SSSR count). The van der Waals surface area contributed by atoms with Gasteiger partial charge in [-0.1, -0.05) is 0 Å². The Morgan fingerprint density at radius 2 is 2.33 bits per heavy atom. The number of halogens is 1. The maximum absolute atomic E-state index is 13.4. The summed E-state index contributed by atoms with van der Waals surface area (Å²) in [5, 5.41) is 3.36. The third kappa shape index (κ3) is 4.10. The van der Waals surface area contributed by atoms with E-state index in [0.29, 0.717) is 19.1 Å². The lowest BCUT2D eigenvalue weighted by Gasteiger charge is -2.31. The van der Waals surface area contributed by atoms with E-state index in [1.54, 1.807) is 12.3 Å².